The second-order valence-electron chi connectivity index (χ2n) is 4.47. The summed E-state index contributed by atoms with van der Waals surface area (Å²) in [6.07, 6.45) is 0.619. The predicted octanol–water partition coefficient (Wildman–Crippen LogP) is 4.82. The monoisotopic (exact) mass is 312 g/mol. The third kappa shape index (κ3) is 4.60. The molecule has 1 unspecified atom stereocenters. The van der Waals surface area contributed by atoms with Gasteiger partial charge in [0, 0.05) is 0 Å². The normalized spacial score (nSPS) is 12.2. The van der Waals surface area contributed by atoms with Gasteiger partial charge in [-0.25, -0.2) is 0 Å². The highest BCUT2D eigenvalue weighted by molar-refractivity contribution is 6.20. The molecular formula is C16H15ClF2O2. The van der Waals surface area contributed by atoms with Crippen molar-refractivity contribution in [3.8, 4) is 11.5 Å². The Bertz CT molecular complexity index is 573. The highest BCUT2D eigenvalue weighted by Crippen LogP contribution is 2.28. The van der Waals surface area contributed by atoms with Crippen LogP contribution in [0.2, 0.25) is 0 Å². The molecule has 0 heterocycles. The molecule has 0 aliphatic rings. The van der Waals surface area contributed by atoms with Crippen LogP contribution in [0.15, 0.2) is 48.5 Å². The number of halogens is 3. The summed E-state index contributed by atoms with van der Waals surface area (Å²) in [4.78, 5) is 0. The lowest BCUT2D eigenvalue weighted by Crippen LogP contribution is -2.02. The van der Waals surface area contributed by atoms with Crippen LogP contribution in [0.5, 0.6) is 11.5 Å². The summed E-state index contributed by atoms with van der Waals surface area (Å²) in [6, 6.07) is 14.0. The maximum Gasteiger partial charge on any atom is 0.387 e. The van der Waals surface area contributed by atoms with E-state index < -0.39 is 6.61 Å². The van der Waals surface area contributed by atoms with E-state index in [1.54, 1.807) is 19.2 Å². The lowest BCUT2D eigenvalue weighted by Gasteiger charge is -2.12. The lowest BCUT2D eigenvalue weighted by molar-refractivity contribution is -0.0498. The maximum atomic E-state index is 12.1. The average Bonchev–Trinajstić information content (AvgIpc) is 2.47. The van der Waals surface area contributed by atoms with E-state index in [9.17, 15) is 8.78 Å². The number of benzene rings is 2. The maximum absolute atomic E-state index is 12.1. The second-order valence-corrected chi connectivity index (χ2v) is 5.00. The number of rotatable bonds is 6. The van der Waals surface area contributed by atoms with Crippen LogP contribution in [-0.2, 0) is 6.42 Å². The minimum atomic E-state index is -2.82. The lowest BCUT2D eigenvalue weighted by atomic mass is 10.0. The van der Waals surface area contributed by atoms with Gasteiger partial charge in [0.05, 0.1) is 12.5 Å². The zero-order valence-corrected chi connectivity index (χ0v) is 12.2. The van der Waals surface area contributed by atoms with Gasteiger partial charge < -0.3 is 9.47 Å². The van der Waals surface area contributed by atoms with Gasteiger partial charge in [0.15, 0.2) is 0 Å². The molecule has 21 heavy (non-hydrogen) atoms. The Morgan fingerprint density at radius 3 is 2.38 bits per heavy atom. The number of hydrogen-bond donors (Lipinski definition) is 0. The molecule has 0 saturated heterocycles. The summed E-state index contributed by atoms with van der Waals surface area (Å²) in [5.74, 6) is 0.899. The summed E-state index contributed by atoms with van der Waals surface area (Å²) in [5, 5.41) is -0.252. The second kappa shape index (κ2) is 7.27. The highest BCUT2D eigenvalue weighted by Gasteiger charge is 2.11. The SMILES string of the molecule is COc1cccc(CC(Cl)c2ccc(OC(F)F)cc2)c1. The first-order valence-corrected chi connectivity index (χ1v) is 6.84. The Hall–Kier alpha value is -1.81. The van der Waals surface area contributed by atoms with E-state index in [0.29, 0.717) is 6.42 Å². The number of methoxy groups -OCH3 is 1. The van der Waals surface area contributed by atoms with Crippen LogP contribution in [0.4, 0.5) is 8.78 Å². The van der Waals surface area contributed by atoms with Crippen LogP contribution >= 0.6 is 11.6 Å². The molecule has 0 saturated carbocycles. The van der Waals surface area contributed by atoms with Gasteiger partial charge in [-0.2, -0.15) is 8.78 Å². The minimum Gasteiger partial charge on any atom is -0.497 e. The van der Waals surface area contributed by atoms with Crippen molar-refractivity contribution in [3.63, 3.8) is 0 Å². The number of hydrogen-bond acceptors (Lipinski definition) is 2. The summed E-state index contributed by atoms with van der Waals surface area (Å²) in [5.41, 5.74) is 1.89. The van der Waals surface area contributed by atoms with Crippen LogP contribution < -0.4 is 9.47 Å². The standard InChI is InChI=1S/C16H15ClF2O2/c1-20-14-4-2-3-11(9-14)10-15(17)12-5-7-13(8-6-12)21-16(18)19/h2-9,15-16H,10H2,1H3. The molecule has 2 aromatic carbocycles. The average molecular weight is 313 g/mol. The zero-order chi connectivity index (χ0) is 15.2. The number of ether oxygens (including phenoxy) is 2. The Kier molecular flexibility index (Phi) is 5.39. The van der Waals surface area contributed by atoms with E-state index in [-0.39, 0.29) is 11.1 Å². The van der Waals surface area contributed by atoms with Crippen molar-refractivity contribution in [1.82, 2.24) is 0 Å². The third-order valence-corrected chi connectivity index (χ3v) is 3.42. The van der Waals surface area contributed by atoms with Gasteiger partial charge in [-0.05, 0) is 41.8 Å². The molecule has 2 aromatic rings. The Labute approximate surface area is 127 Å². The largest absolute Gasteiger partial charge is 0.497 e. The predicted molar refractivity (Wildman–Crippen MR) is 78.4 cm³/mol. The molecule has 2 nitrogen and oxygen atoms in total. The van der Waals surface area contributed by atoms with Crippen LogP contribution in [0.3, 0.4) is 0 Å². The molecule has 0 aromatic heterocycles. The summed E-state index contributed by atoms with van der Waals surface area (Å²) in [7, 11) is 1.61. The molecule has 2 rings (SSSR count). The van der Waals surface area contributed by atoms with Crippen molar-refractivity contribution in [1.29, 1.82) is 0 Å². The van der Waals surface area contributed by atoms with Crippen molar-refractivity contribution in [3.05, 3.63) is 59.7 Å². The van der Waals surface area contributed by atoms with E-state index in [1.807, 2.05) is 24.3 Å². The first-order chi connectivity index (χ1) is 10.1. The quantitative estimate of drug-likeness (QED) is 0.712. The van der Waals surface area contributed by atoms with Gasteiger partial charge in [-0.1, -0.05) is 24.3 Å². The van der Waals surface area contributed by atoms with E-state index in [2.05, 4.69) is 4.74 Å². The molecule has 0 spiro atoms. The van der Waals surface area contributed by atoms with Crippen molar-refractivity contribution in [2.75, 3.05) is 7.11 Å². The molecule has 1 atom stereocenters. The molecule has 5 heteroatoms. The molecule has 0 radical (unpaired) electrons. The van der Waals surface area contributed by atoms with Gasteiger partial charge in [-0.3, -0.25) is 0 Å². The first-order valence-electron chi connectivity index (χ1n) is 6.40. The fourth-order valence-electron chi connectivity index (χ4n) is 1.98. The highest BCUT2D eigenvalue weighted by atomic mass is 35.5. The van der Waals surface area contributed by atoms with Crippen molar-refractivity contribution in [2.45, 2.75) is 18.4 Å². The fraction of sp³-hybridized carbons (Fsp3) is 0.250. The zero-order valence-electron chi connectivity index (χ0n) is 11.4. The van der Waals surface area contributed by atoms with E-state index in [0.717, 1.165) is 16.9 Å². The van der Waals surface area contributed by atoms with E-state index in [1.165, 1.54) is 12.1 Å². The molecular weight excluding hydrogens is 298 g/mol. The van der Waals surface area contributed by atoms with Gasteiger partial charge in [0.2, 0.25) is 0 Å². The Balaban J connectivity index is 2.03. The summed E-state index contributed by atoms with van der Waals surface area (Å²) < 4.78 is 33.6. The van der Waals surface area contributed by atoms with Gasteiger partial charge in [0.25, 0.3) is 0 Å². The summed E-state index contributed by atoms with van der Waals surface area (Å²) in [6.45, 7) is -2.82. The van der Waals surface area contributed by atoms with Gasteiger partial charge >= 0.3 is 6.61 Å². The van der Waals surface area contributed by atoms with Crippen molar-refractivity contribution in [2.24, 2.45) is 0 Å². The first kappa shape index (κ1) is 15.6. The molecule has 0 aliphatic heterocycles. The van der Waals surface area contributed by atoms with Crippen LogP contribution in [0.25, 0.3) is 0 Å². The molecule has 0 N–H and O–H groups in total. The topological polar surface area (TPSA) is 18.5 Å². The van der Waals surface area contributed by atoms with Gasteiger partial charge in [0.1, 0.15) is 11.5 Å². The molecule has 112 valence electrons. The molecule has 0 amide bonds. The Morgan fingerprint density at radius 1 is 1.05 bits per heavy atom. The molecule has 0 fully saturated rings. The summed E-state index contributed by atoms with van der Waals surface area (Å²) >= 11 is 6.36. The molecule has 0 bridgehead atoms. The third-order valence-electron chi connectivity index (χ3n) is 3.02. The Morgan fingerprint density at radius 2 is 1.76 bits per heavy atom. The van der Waals surface area contributed by atoms with Crippen LogP contribution in [0, 0.1) is 0 Å². The van der Waals surface area contributed by atoms with Crippen molar-refractivity contribution < 1.29 is 18.3 Å². The number of alkyl halides is 3. The molecule has 0 aliphatic carbocycles. The van der Waals surface area contributed by atoms with Crippen LogP contribution in [-0.4, -0.2) is 13.7 Å². The van der Waals surface area contributed by atoms with E-state index in [4.69, 9.17) is 16.3 Å². The van der Waals surface area contributed by atoms with Crippen molar-refractivity contribution >= 4 is 11.6 Å². The van der Waals surface area contributed by atoms with Gasteiger partial charge in [-0.15, -0.1) is 11.6 Å². The van der Waals surface area contributed by atoms with Crippen LogP contribution in [0.1, 0.15) is 16.5 Å². The smallest absolute Gasteiger partial charge is 0.387 e. The fourth-order valence-corrected chi connectivity index (χ4v) is 2.31. The minimum absolute atomic E-state index is 0.124. The van der Waals surface area contributed by atoms with E-state index >= 15 is 0 Å².